The van der Waals surface area contributed by atoms with E-state index in [1.165, 1.54) is 24.0 Å². The molecule has 0 atom stereocenters. The molecule has 1 aliphatic carbocycles. The number of ether oxygens (including phenoxy) is 2. The van der Waals surface area contributed by atoms with Crippen molar-refractivity contribution in [1.82, 2.24) is 0 Å². The van der Waals surface area contributed by atoms with Gasteiger partial charge in [0, 0.05) is 0 Å². The maximum Gasteiger partial charge on any atom is 0.107 e. The molecular weight excluding hydrogens is 224 g/mol. The third kappa shape index (κ3) is 4.37. The van der Waals surface area contributed by atoms with E-state index in [1.807, 2.05) is 12.1 Å². The molecule has 0 saturated heterocycles. The van der Waals surface area contributed by atoms with Gasteiger partial charge in [-0.05, 0) is 24.0 Å². The topological polar surface area (TPSA) is 18.5 Å². The van der Waals surface area contributed by atoms with E-state index in [2.05, 4.69) is 24.1 Å². The lowest BCUT2D eigenvalue weighted by molar-refractivity contribution is 0.135. The molecular formula is C16H18O2. The van der Waals surface area contributed by atoms with Crippen LogP contribution in [0.15, 0.2) is 35.9 Å². The summed E-state index contributed by atoms with van der Waals surface area (Å²) in [5, 5.41) is 0. The molecule has 2 rings (SSSR count). The molecule has 2 nitrogen and oxygen atoms in total. The molecule has 0 bridgehead atoms. The van der Waals surface area contributed by atoms with E-state index in [-0.39, 0.29) is 0 Å². The van der Waals surface area contributed by atoms with E-state index in [4.69, 9.17) is 15.9 Å². The minimum absolute atomic E-state index is 0.349. The summed E-state index contributed by atoms with van der Waals surface area (Å²) in [7, 11) is 0. The maximum atomic E-state index is 5.65. The summed E-state index contributed by atoms with van der Waals surface area (Å²) in [4.78, 5) is 0. The molecule has 0 heterocycles. The normalized spacial score (nSPS) is 13.2. The number of hydrogen-bond acceptors (Lipinski definition) is 2. The van der Waals surface area contributed by atoms with E-state index in [0.29, 0.717) is 26.4 Å². The summed E-state index contributed by atoms with van der Waals surface area (Å²) >= 11 is 0. The summed E-state index contributed by atoms with van der Waals surface area (Å²) < 4.78 is 11.0. The molecule has 1 aromatic carbocycles. The van der Waals surface area contributed by atoms with E-state index in [9.17, 15) is 0 Å². The van der Waals surface area contributed by atoms with Crippen LogP contribution in [0.25, 0.3) is 0 Å². The SMILES string of the molecule is C#CCOCc1ccccc1COCC=C1CC1. The zero-order valence-corrected chi connectivity index (χ0v) is 10.5. The number of rotatable bonds is 7. The van der Waals surface area contributed by atoms with Crippen LogP contribution in [0.3, 0.4) is 0 Å². The fourth-order valence-corrected chi connectivity index (χ4v) is 1.68. The van der Waals surface area contributed by atoms with Crippen LogP contribution in [-0.2, 0) is 22.7 Å². The number of benzene rings is 1. The maximum absolute atomic E-state index is 5.65. The summed E-state index contributed by atoms with van der Waals surface area (Å²) in [6.07, 6.45) is 9.83. The Balaban J connectivity index is 1.81. The lowest BCUT2D eigenvalue weighted by Crippen LogP contribution is -2.00. The Kier molecular flexibility index (Phi) is 5.01. The average Bonchev–Trinajstić information content (AvgIpc) is 3.21. The van der Waals surface area contributed by atoms with Crippen LogP contribution in [0.5, 0.6) is 0 Å². The van der Waals surface area contributed by atoms with Gasteiger partial charge < -0.3 is 9.47 Å². The second-order valence-corrected chi connectivity index (χ2v) is 4.34. The van der Waals surface area contributed by atoms with Crippen molar-refractivity contribution in [2.75, 3.05) is 13.2 Å². The van der Waals surface area contributed by atoms with Gasteiger partial charge in [0.1, 0.15) is 6.61 Å². The van der Waals surface area contributed by atoms with Crippen molar-refractivity contribution in [1.29, 1.82) is 0 Å². The third-order valence-electron chi connectivity index (χ3n) is 2.85. The minimum Gasteiger partial charge on any atom is -0.373 e. The summed E-state index contributed by atoms with van der Waals surface area (Å²) in [5.74, 6) is 2.47. The Hall–Kier alpha value is -1.56. The first-order chi connectivity index (χ1) is 8.90. The molecule has 0 unspecified atom stereocenters. The van der Waals surface area contributed by atoms with Crippen LogP contribution in [0, 0.1) is 12.3 Å². The number of allylic oxidation sites excluding steroid dienone is 1. The van der Waals surface area contributed by atoms with Gasteiger partial charge in [-0.15, -0.1) is 6.42 Å². The predicted molar refractivity (Wildman–Crippen MR) is 71.9 cm³/mol. The first kappa shape index (κ1) is 12.9. The molecule has 1 fully saturated rings. The Labute approximate surface area is 109 Å². The highest BCUT2D eigenvalue weighted by Gasteiger charge is 2.09. The van der Waals surface area contributed by atoms with Gasteiger partial charge >= 0.3 is 0 Å². The van der Waals surface area contributed by atoms with Crippen molar-refractivity contribution < 1.29 is 9.47 Å². The Morgan fingerprint density at radius 2 is 1.78 bits per heavy atom. The molecule has 0 spiro atoms. The van der Waals surface area contributed by atoms with Gasteiger partial charge in [0.15, 0.2) is 0 Å². The number of hydrogen-bond donors (Lipinski definition) is 0. The van der Waals surface area contributed by atoms with Gasteiger partial charge in [-0.1, -0.05) is 41.8 Å². The van der Waals surface area contributed by atoms with Gasteiger partial charge in [0.2, 0.25) is 0 Å². The largest absolute Gasteiger partial charge is 0.373 e. The van der Waals surface area contributed by atoms with Crippen LogP contribution in [0.1, 0.15) is 24.0 Å². The lowest BCUT2D eigenvalue weighted by atomic mass is 10.1. The first-order valence-electron chi connectivity index (χ1n) is 6.24. The predicted octanol–water partition coefficient (Wildman–Crippen LogP) is 3.07. The molecule has 0 aliphatic heterocycles. The third-order valence-corrected chi connectivity index (χ3v) is 2.85. The number of terminal acetylenes is 1. The van der Waals surface area contributed by atoms with Crippen molar-refractivity contribution in [3.8, 4) is 12.3 Å². The van der Waals surface area contributed by atoms with Crippen LogP contribution < -0.4 is 0 Å². The summed E-state index contributed by atoms with van der Waals surface area (Å²) in [5.41, 5.74) is 3.83. The molecule has 2 heteroatoms. The van der Waals surface area contributed by atoms with Gasteiger partial charge in [-0.3, -0.25) is 0 Å². The van der Waals surface area contributed by atoms with Crippen molar-refractivity contribution in [2.24, 2.45) is 0 Å². The average molecular weight is 242 g/mol. The van der Waals surface area contributed by atoms with Crippen LogP contribution >= 0.6 is 0 Å². The molecule has 94 valence electrons. The van der Waals surface area contributed by atoms with Crippen LogP contribution in [0.2, 0.25) is 0 Å². The van der Waals surface area contributed by atoms with Crippen molar-refractivity contribution in [3.05, 3.63) is 47.0 Å². The van der Waals surface area contributed by atoms with Crippen LogP contribution in [-0.4, -0.2) is 13.2 Å². The van der Waals surface area contributed by atoms with Gasteiger partial charge in [-0.2, -0.15) is 0 Å². The van der Waals surface area contributed by atoms with Gasteiger partial charge in [0.05, 0.1) is 19.8 Å². The molecule has 0 amide bonds. The van der Waals surface area contributed by atoms with E-state index in [1.54, 1.807) is 0 Å². The fourth-order valence-electron chi connectivity index (χ4n) is 1.68. The molecule has 18 heavy (non-hydrogen) atoms. The van der Waals surface area contributed by atoms with E-state index in [0.717, 1.165) is 5.56 Å². The summed E-state index contributed by atoms with van der Waals surface area (Å²) in [6.45, 7) is 2.22. The van der Waals surface area contributed by atoms with E-state index < -0.39 is 0 Å². The fraction of sp³-hybridized carbons (Fsp3) is 0.375. The van der Waals surface area contributed by atoms with Crippen molar-refractivity contribution >= 4 is 0 Å². The second kappa shape index (κ2) is 7.00. The Bertz CT molecular complexity index is 448. The Morgan fingerprint density at radius 1 is 1.11 bits per heavy atom. The zero-order chi connectivity index (χ0) is 12.6. The van der Waals surface area contributed by atoms with Crippen LogP contribution in [0.4, 0.5) is 0 Å². The standard InChI is InChI=1S/C16H18O2/c1-2-10-17-12-15-5-3-4-6-16(15)13-18-11-9-14-7-8-14/h1,3-6,9H,7-8,10-13H2. The highest BCUT2D eigenvalue weighted by Crippen LogP contribution is 2.27. The van der Waals surface area contributed by atoms with Crippen molar-refractivity contribution in [2.45, 2.75) is 26.1 Å². The van der Waals surface area contributed by atoms with Crippen molar-refractivity contribution in [3.63, 3.8) is 0 Å². The molecule has 1 aromatic rings. The van der Waals surface area contributed by atoms with Gasteiger partial charge in [0.25, 0.3) is 0 Å². The quantitative estimate of drug-likeness (QED) is 0.415. The Morgan fingerprint density at radius 3 is 2.39 bits per heavy atom. The zero-order valence-electron chi connectivity index (χ0n) is 10.5. The van der Waals surface area contributed by atoms with Gasteiger partial charge in [-0.25, -0.2) is 0 Å². The first-order valence-corrected chi connectivity index (χ1v) is 6.24. The van der Waals surface area contributed by atoms with E-state index >= 15 is 0 Å². The minimum atomic E-state index is 0.349. The molecule has 0 radical (unpaired) electrons. The molecule has 0 aromatic heterocycles. The smallest absolute Gasteiger partial charge is 0.107 e. The second-order valence-electron chi connectivity index (χ2n) is 4.34. The highest BCUT2D eigenvalue weighted by molar-refractivity contribution is 5.26. The summed E-state index contributed by atoms with van der Waals surface area (Å²) in [6, 6.07) is 8.14. The lowest BCUT2D eigenvalue weighted by Gasteiger charge is -2.09. The molecule has 1 aliphatic rings. The monoisotopic (exact) mass is 242 g/mol. The molecule has 1 saturated carbocycles. The molecule has 0 N–H and O–H groups in total. The highest BCUT2D eigenvalue weighted by atomic mass is 16.5.